The molecule has 2 N–H and O–H groups in total. The van der Waals surface area contributed by atoms with Crippen molar-refractivity contribution in [3.05, 3.63) is 35.9 Å². The van der Waals surface area contributed by atoms with Gasteiger partial charge in [-0.05, 0) is 31.4 Å². The Labute approximate surface area is 111 Å². The Kier molecular flexibility index (Phi) is 5.96. The van der Waals surface area contributed by atoms with Crippen LogP contribution in [0.15, 0.2) is 30.3 Å². The Bertz CT molecular complexity index is 315. The number of benzene rings is 1. The van der Waals surface area contributed by atoms with Crippen LogP contribution in [0, 0.1) is 0 Å². The van der Waals surface area contributed by atoms with Crippen molar-refractivity contribution in [3.8, 4) is 0 Å². The second-order valence-corrected chi connectivity index (χ2v) is 4.73. The molecule has 2 rings (SSSR count). The molecule has 2 nitrogen and oxygen atoms in total. The third kappa shape index (κ3) is 3.70. The maximum Gasteiger partial charge on any atom is 0.0346 e. The van der Waals surface area contributed by atoms with Crippen LogP contribution < -0.4 is 5.73 Å². The minimum Gasteiger partial charge on any atom is -0.327 e. The van der Waals surface area contributed by atoms with Crippen molar-refractivity contribution >= 4 is 12.4 Å². The molecule has 1 aromatic carbocycles. The lowest BCUT2D eigenvalue weighted by Gasteiger charge is -2.37. The normalized spacial score (nSPS) is 22.8. The monoisotopic (exact) mass is 254 g/mol. The van der Waals surface area contributed by atoms with Crippen LogP contribution in [0.4, 0.5) is 0 Å². The van der Waals surface area contributed by atoms with Gasteiger partial charge in [-0.1, -0.05) is 37.3 Å². The molecule has 0 spiro atoms. The first kappa shape index (κ1) is 14.5. The molecule has 0 bridgehead atoms. The highest BCUT2D eigenvalue weighted by Gasteiger charge is 2.23. The number of hydrogen-bond acceptors (Lipinski definition) is 2. The first-order valence-corrected chi connectivity index (χ1v) is 6.36. The van der Waals surface area contributed by atoms with Crippen molar-refractivity contribution in [2.45, 2.75) is 38.3 Å². The summed E-state index contributed by atoms with van der Waals surface area (Å²) in [5.74, 6) is 0. The summed E-state index contributed by atoms with van der Waals surface area (Å²) in [6.45, 7) is 4.51. The topological polar surface area (TPSA) is 29.3 Å². The fourth-order valence-electron chi connectivity index (χ4n) is 2.70. The third-order valence-electron chi connectivity index (χ3n) is 3.50. The van der Waals surface area contributed by atoms with Gasteiger partial charge in [-0.25, -0.2) is 0 Å². The fourth-order valence-corrected chi connectivity index (χ4v) is 2.70. The number of nitrogens with two attached hydrogens (primary N) is 1. The van der Waals surface area contributed by atoms with Gasteiger partial charge in [0.25, 0.3) is 0 Å². The molecule has 1 aliphatic rings. The Balaban J connectivity index is 0.00000144. The van der Waals surface area contributed by atoms with Crippen LogP contribution in [0.5, 0.6) is 0 Å². The Morgan fingerprint density at radius 3 is 2.65 bits per heavy atom. The van der Waals surface area contributed by atoms with E-state index in [-0.39, 0.29) is 12.4 Å². The number of nitrogens with zero attached hydrogens (tertiary/aromatic N) is 1. The molecule has 0 aliphatic carbocycles. The largest absolute Gasteiger partial charge is 0.327 e. The first-order chi connectivity index (χ1) is 7.81. The molecule has 2 atom stereocenters. The van der Waals surface area contributed by atoms with Gasteiger partial charge in [-0.2, -0.15) is 0 Å². The Morgan fingerprint density at radius 1 is 1.35 bits per heavy atom. The van der Waals surface area contributed by atoms with E-state index in [9.17, 15) is 0 Å². The fraction of sp³-hybridized carbons (Fsp3) is 0.571. The van der Waals surface area contributed by atoms with Gasteiger partial charge in [0.2, 0.25) is 0 Å². The van der Waals surface area contributed by atoms with E-state index in [0.29, 0.717) is 12.1 Å². The summed E-state index contributed by atoms with van der Waals surface area (Å²) in [5, 5.41) is 0. The van der Waals surface area contributed by atoms with Gasteiger partial charge in [-0.3, -0.25) is 4.90 Å². The first-order valence-electron chi connectivity index (χ1n) is 6.36. The zero-order chi connectivity index (χ0) is 11.4. The van der Waals surface area contributed by atoms with Crippen LogP contribution in [0.1, 0.15) is 37.8 Å². The van der Waals surface area contributed by atoms with E-state index in [0.717, 1.165) is 13.0 Å². The van der Waals surface area contributed by atoms with E-state index >= 15 is 0 Å². The molecule has 1 saturated heterocycles. The molecule has 1 fully saturated rings. The summed E-state index contributed by atoms with van der Waals surface area (Å²) in [6, 6.07) is 11.7. The standard InChI is InChI=1S/C14H22N2.ClH/c1-2-14(12-7-4-3-5-8-12)16-10-6-9-13(15)11-16;/h3-5,7-8,13-14H,2,6,9-11,15H2,1H3;1H. The van der Waals surface area contributed by atoms with Crippen LogP contribution in [-0.4, -0.2) is 24.0 Å². The second kappa shape index (κ2) is 7.00. The molecule has 2 unspecified atom stereocenters. The minimum atomic E-state index is 0. The molecule has 0 amide bonds. The number of likely N-dealkylation sites (tertiary alicyclic amines) is 1. The molecule has 1 aromatic rings. The summed E-state index contributed by atoms with van der Waals surface area (Å²) < 4.78 is 0. The van der Waals surface area contributed by atoms with Crippen molar-refractivity contribution in [1.29, 1.82) is 0 Å². The summed E-state index contributed by atoms with van der Waals surface area (Å²) in [7, 11) is 0. The quantitative estimate of drug-likeness (QED) is 0.899. The van der Waals surface area contributed by atoms with E-state index in [1.165, 1.54) is 24.9 Å². The molecule has 0 saturated carbocycles. The van der Waals surface area contributed by atoms with Crippen LogP contribution in [-0.2, 0) is 0 Å². The summed E-state index contributed by atoms with van der Waals surface area (Å²) >= 11 is 0. The van der Waals surface area contributed by atoms with Crippen molar-refractivity contribution in [2.24, 2.45) is 5.73 Å². The molecule has 17 heavy (non-hydrogen) atoms. The highest BCUT2D eigenvalue weighted by molar-refractivity contribution is 5.85. The Hall–Kier alpha value is -0.570. The molecular formula is C14H23ClN2. The molecule has 96 valence electrons. The zero-order valence-corrected chi connectivity index (χ0v) is 11.3. The molecule has 0 radical (unpaired) electrons. The molecule has 0 aromatic heterocycles. The number of piperidine rings is 1. The van der Waals surface area contributed by atoms with Crippen LogP contribution in [0.2, 0.25) is 0 Å². The second-order valence-electron chi connectivity index (χ2n) is 4.73. The van der Waals surface area contributed by atoms with Crippen LogP contribution in [0.25, 0.3) is 0 Å². The van der Waals surface area contributed by atoms with Gasteiger partial charge < -0.3 is 5.73 Å². The predicted molar refractivity (Wildman–Crippen MR) is 75.5 cm³/mol. The predicted octanol–water partition coefficient (Wildman–Crippen LogP) is 2.98. The molecule has 3 heteroatoms. The van der Waals surface area contributed by atoms with Crippen molar-refractivity contribution in [1.82, 2.24) is 4.90 Å². The maximum atomic E-state index is 6.05. The zero-order valence-electron chi connectivity index (χ0n) is 10.5. The number of halogens is 1. The van der Waals surface area contributed by atoms with E-state index in [4.69, 9.17) is 5.73 Å². The summed E-state index contributed by atoms with van der Waals surface area (Å²) in [4.78, 5) is 2.55. The lowest BCUT2D eigenvalue weighted by atomic mass is 9.98. The highest BCUT2D eigenvalue weighted by Crippen LogP contribution is 2.26. The summed E-state index contributed by atoms with van der Waals surface area (Å²) in [5.41, 5.74) is 7.48. The van der Waals surface area contributed by atoms with Crippen molar-refractivity contribution < 1.29 is 0 Å². The SMILES string of the molecule is CCC(c1ccccc1)N1CCCC(N)C1.Cl. The van der Waals surface area contributed by atoms with E-state index < -0.39 is 0 Å². The lowest BCUT2D eigenvalue weighted by molar-refractivity contribution is 0.145. The average molecular weight is 255 g/mol. The van der Waals surface area contributed by atoms with E-state index in [1.54, 1.807) is 0 Å². The maximum absolute atomic E-state index is 6.05. The number of hydrogen-bond donors (Lipinski definition) is 1. The van der Waals surface area contributed by atoms with Gasteiger partial charge in [0.1, 0.15) is 0 Å². The lowest BCUT2D eigenvalue weighted by Crippen LogP contribution is -2.44. The van der Waals surface area contributed by atoms with Crippen molar-refractivity contribution in [2.75, 3.05) is 13.1 Å². The van der Waals surface area contributed by atoms with E-state index in [2.05, 4.69) is 42.2 Å². The molecular weight excluding hydrogens is 232 g/mol. The highest BCUT2D eigenvalue weighted by atomic mass is 35.5. The molecule has 1 heterocycles. The summed E-state index contributed by atoms with van der Waals surface area (Å²) in [6.07, 6.45) is 3.59. The minimum absolute atomic E-state index is 0. The van der Waals surface area contributed by atoms with Gasteiger partial charge in [0.15, 0.2) is 0 Å². The van der Waals surface area contributed by atoms with Gasteiger partial charge in [-0.15, -0.1) is 12.4 Å². The smallest absolute Gasteiger partial charge is 0.0346 e. The third-order valence-corrected chi connectivity index (χ3v) is 3.50. The molecule has 1 aliphatic heterocycles. The number of rotatable bonds is 3. The average Bonchev–Trinajstić information content (AvgIpc) is 2.31. The van der Waals surface area contributed by atoms with Crippen LogP contribution >= 0.6 is 12.4 Å². The van der Waals surface area contributed by atoms with Gasteiger partial charge >= 0.3 is 0 Å². The van der Waals surface area contributed by atoms with E-state index in [1.807, 2.05) is 0 Å². The van der Waals surface area contributed by atoms with Gasteiger partial charge in [0, 0.05) is 18.6 Å². The Morgan fingerprint density at radius 2 is 2.06 bits per heavy atom. The van der Waals surface area contributed by atoms with Crippen molar-refractivity contribution in [3.63, 3.8) is 0 Å². The van der Waals surface area contributed by atoms with Crippen LogP contribution in [0.3, 0.4) is 0 Å². The van der Waals surface area contributed by atoms with Gasteiger partial charge in [0.05, 0.1) is 0 Å².